The molecule has 0 unspecified atom stereocenters. The van der Waals surface area contributed by atoms with Crippen LogP contribution in [-0.4, -0.2) is 18.0 Å². The molecule has 0 saturated carbocycles. The molecule has 6 heteroatoms. The zero-order chi connectivity index (χ0) is 13.8. The quantitative estimate of drug-likeness (QED) is 0.940. The number of pyridine rings is 1. The van der Waals surface area contributed by atoms with E-state index < -0.39 is 0 Å². The summed E-state index contributed by atoms with van der Waals surface area (Å²) in [6, 6.07) is 8.03. The molecule has 0 aliphatic rings. The number of benzene rings is 1. The molecule has 0 saturated heterocycles. The number of methoxy groups -OCH3 is 1. The molecule has 0 spiro atoms. The Balaban J connectivity index is 2.15. The minimum Gasteiger partial charge on any atom is -0.481 e. The summed E-state index contributed by atoms with van der Waals surface area (Å²) in [5.41, 5.74) is 0.902. The lowest BCUT2D eigenvalue weighted by atomic mass is 10.2. The molecule has 1 N–H and O–H groups in total. The second-order valence-corrected chi connectivity index (χ2v) is 4.51. The molecule has 1 aromatic carbocycles. The Morgan fingerprint density at radius 1 is 1.26 bits per heavy atom. The summed E-state index contributed by atoms with van der Waals surface area (Å²) in [4.78, 5) is 16.0. The highest BCUT2D eigenvalue weighted by atomic mass is 35.5. The highest BCUT2D eigenvalue weighted by Gasteiger charge is 2.11. The van der Waals surface area contributed by atoms with Gasteiger partial charge in [0.1, 0.15) is 0 Å². The van der Waals surface area contributed by atoms with Gasteiger partial charge < -0.3 is 10.1 Å². The van der Waals surface area contributed by atoms with E-state index in [1.807, 2.05) is 0 Å². The van der Waals surface area contributed by atoms with Crippen LogP contribution in [0.25, 0.3) is 0 Å². The van der Waals surface area contributed by atoms with E-state index in [0.717, 1.165) is 0 Å². The van der Waals surface area contributed by atoms with Crippen LogP contribution in [0.5, 0.6) is 5.88 Å². The first-order chi connectivity index (χ1) is 9.10. The largest absolute Gasteiger partial charge is 0.481 e. The summed E-state index contributed by atoms with van der Waals surface area (Å²) in [6.45, 7) is 0. The number of anilines is 1. The summed E-state index contributed by atoms with van der Waals surface area (Å²) < 4.78 is 4.93. The Morgan fingerprint density at radius 3 is 2.63 bits per heavy atom. The average molecular weight is 297 g/mol. The van der Waals surface area contributed by atoms with Crippen molar-refractivity contribution >= 4 is 34.8 Å². The second kappa shape index (κ2) is 5.91. The van der Waals surface area contributed by atoms with Gasteiger partial charge >= 0.3 is 0 Å². The van der Waals surface area contributed by atoms with Crippen molar-refractivity contribution in [1.29, 1.82) is 0 Å². The molecule has 2 rings (SSSR count). The number of ether oxygens (including phenoxy) is 1. The lowest BCUT2D eigenvalue weighted by Crippen LogP contribution is -2.12. The first kappa shape index (κ1) is 13.6. The van der Waals surface area contributed by atoms with Crippen LogP contribution in [0, 0.1) is 0 Å². The number of aromatic nitrogens is 1. The summed E-state index contributed by atoms with van der Waals surface area (Å²) in [5.74, 6) is 0.149. The van der Waals surface area contributed by atoms with Crippen molar-refractivity contribution in [2.75, 3.05) is 12.4 Å². The fourth-order valence-electron chi connectivity index (χ4n) is 1.45. The van der Waals surface area contributed by atoms with E-state index in [9.17, 15) is 4.79 Å². The number of amides is 1. The molecule has 2 aromatic rings. The Bertz CT molecular complexity index is 600. The number of carbonyl (C=O) groups is 1. The third-order valence-corrected chi connectivity index (χ3v) is 2.93. The predicted octanol–water partition coefficient (Wildman–Crippen LogP) is 3.65. The van der Waals surface area contributed by atoms with Crippen molar-refractivity contribution < 1.29 is 9.53 Å². The van der Waals surface area contributed by atoms with E-state index >= 15 is 0 Å². The Hall–Kier alpha value is -1.78. The van der Waals surface area contributed by atoms with Crippen LogP contribution in [-0.2, 0) is 0 Å². The molecule has 0 radical (unpaired) electrons. The number of nitrogens with one attached hydrogen (secondary N) is 1. The van der Waals surface area contributed by atoms with Crippen LogP contribution in [0.3, 0.4) is 0 Å². The Kier molecular flexibility index (Phi) is 4.24. The summed E-state index contributed by atoms with van der Waals surface area (Å²) in [5, 5.41) is 3.46. The van der Waals surface area contributed by atoms with Gasteiger partial charge in [0.25, 0.3) is 5.91 Å². The fourth-order valence-corrected chi connectivity index (χ4v) is 1.94. The third kappa shape index (κ3) is 3.36. The molecule has 19 heavy (non-hydrogen) atoms. The summed E-state index contributed by atoms with van der Waals surface area (Å²) in [7, 11) is 1.52. The molecule has 1 amide bonds. The van der Waals surface area contributed by atoms with Crippen LogP contribution in [0.4, 0.5) is 5.69 Å². The maximum atomic E-state index is 12.0. The zero-order valence-corrected chi connectivity index (χ0v) is 11.5. The maximum Gasteiger partial charge on any atom is 0.257 e. The van der Waals surface area contributed by atoms with Gasteiger partial charge in [0.15, 0.2) is 0 Å². The number of carbonyl (C=O) groups excluding carboxylic acids is 1. The van der Waals surface area contributed by atoms with Crippen LogP contribution in [0.15, 0.2) is 36.5 Å². The van der Waals surface area contributed by atoms with E-state index in [2.05, 4.69) is 10.3 Å². The molecule has 4 nitrogen and oxygen atoms in total. The Morgan fingerprint density at radius 2 is 2.05 bits per heavy atom. The number of rotatable bonds is 3. The first-order valence-electron chi connectivity index (χ1n) is 5.36. The van der Waals surface area contributed by atoms with Crippen molar-refractivity contribution in [2.45, 2.75) is 0 Å². The van der Waals surface area contributed by atoms with Crippen LogP contribution >= 0.6 is 23.2 Å². The normalized spacial score (nSPS) is 10.1. The summed E-state index contributed by atoms with van der Waals surface area (Å²) >= 11 is 11.7. The molecule has 1 aromatic heterocycles. The van der Waals surface area contributed by atoms with Gasteiger partial charge in [-0.2, -0.15) is 0 Å². The van der Waals surface area contributed by atoms with Gasteiger partial charge in [-0.25, -0.2) is 4.98 Å². The molecule has 0 atom stereocenters. The van der Waals surface area contributed by atoms with Gasteiger partial charge in [0.05, 0.1) is 29.6 Å². The van der Waals surface area contributed by atoms with Crippen molar-refractivity contribution in [2.24, 2.45) is 0 Å². The van der Waals surface area contributed by atoms with Gasteiger partial charge in [0, 0.05) is 11.1 Å². The van der Waals surface area contributed by atoms with Crippen molar-refractivity contribution in [3.05, 3.63) is 52.1 Å². The molecule has 0 bridgehead atoms. The van der Waals surface area contributed by atoms with Crippen molar-refractivity contribution in [3.8, 4) is 5.88 Å². The van der Waals surface area contributed by atoms with E-state index in [1.165, 1.54) is 19.4 Å². The SMILES string of the molecule is COc1ccc(NC(=O)c2ccc(Cl)cc2Cl)cn1. The molecule has 1 heterocycles. The predicted molar refractivity (Wildman–Crippen MR) is 75.2 cm³/mol. The monoisotopic (exact) mass is 296 g/mol. The van der Waals surface area contributed by atoms with Gasteiger partial charge in [0.2, 0.25) is 5.88 Å². The minimum absolute atomic E-state index is 0.298. The number of hydrogen-bond acceptors (Lipinski definition) is 3. The highest BCUT2D eigenvalue weighted by molar-refractivity contribution is 6.37. The lowest BCUT2D eigenvalue weighted by Gasteiger charge is -2.07. The van der Waals surface area contributed by atoms with E-state index in [-0.39, 0.29) is 5.91 Å². The second-order valence-electron chi connectivity index (χ2n) is 3.67. The molecule has 0 aliphatic heterocycles. The molecule has 0 fully saturated rings. The number of nitrogens with zero attached hydrogens (tertiary/aromatic N) is 1. The minimum atomic E-state index is -0.325. The lowest BCUT2D eigenvalue weighted by molar-refractivity contribution is 0.102. The van der Waals surface area contributed by atoms with Crippen molar-refractivity contribution in [1.82, 2.24) is 4.98 Å². The number of hydrogen-bond donors (Lipinski definition) is 1. The van der Waals surface area contributed by atoms with E-state index in [4.69, 9.17) is 27.9 Å². The highest BCUT2D eigenvalue weighted by Crippen LogP contribution is 2.22. The molecule has 0 aliphatic carbocycles. The molecular weight excluding hydrogens is 287 g/mol. The van der Waals surface area contributed by atoms with Gasteiger partial charge in [-0.3, -0.25) is 4.79 Å². The first-order valence-corrected chi connectivity index (χ1v) is 6.12. The van der Waals surface area contributed by atoms with Crippen LogP contribution < -0.4 is 10.1 Å². The Labute approximate surface area is 120 Å². The van der Waals surface area contributed by atoms with Crippen LogP contribution in [0.2, 0.25) is 10.0 Å². The smallest absolute Gasteiger partial charge is 0.257 e. The summed E-state index contributed by atoms with van der Waals surface area (Å²) in [6.07, 6.45) is 1.50. The van der Waals surface area contributed by atoms with Gasteiger partial charge in [-0.1, -0.05) is 23.2 Å². The van der Waals surface area contributed by atoms with E-state index in [0.29, 0.717) is 27.2 Å². The fraction of sp³-hybridized carbons (Fsp3) is 0.0769. The van der Waals surface area contributed by atoms with Crippen molar-refractivity contribution in [3.63, 3.8) is 0 Å². The average Bonchev–Trinajstić information content (AvgIpc) is 2.39. The van der Waals surface area contributed by atoms with Gasteiger partial charge in [-0.05, 0) is 24.3 Å². The zero-order valence-electron chi connectivity index (χ0n) is 9.98. The van der Waals surface area contributed by atoms with Crippen LogP contribution in [0.1, 0.15) is 10.4 Å². The van der Waals surface area contributed by atoms with E-state index in [1.54, 1.807) is 24.3 Å². The topological polar surface area (TPSA) is 51.2 Å². The number of halogens is 2. The third-order valence-electron chi connectivity index (χ3n) is 2.38. The molecular formula is C13H10Cl2N2O2. The maximum absolute atomic E-state index is 12.0. The van der Waals surface area contributed by atoms with Gasteiger partial charge in [-0.15, -0.1) is 0 Å². The molecule has 98 valence electrons. The standard InChI is InChI=1S/C13H10Cl2N2O2/c1-19-12-5-3-9(7-16-12)17-13(18)10-4-2-8(14)6-11(10)15/h2-7H,1H3,(H,17,18).